The molecule has 4 aromatic rings. The van der Waals surface area contributed by atoms with Crippen molar-refractivity contribution in [3.63, 3.8) is 0 Å². The fraction of sp³-hybridized carbons (Fsp3) is 0.130. The van der Waals surface area contributed by atoms with Crippen LogP contribution >= 0.6 is 0 Å². The van der Waals surface area contributed by atoms with Crippen LogP contribution in [0.2, 0.25) is 0 Å². The molecule has 0 radical (unpaired) electrons. The number of hydrogen-bond acceptors (Lipinski definition) is 5. The van der Waals surface area contributed by atoms with Crippen molar-refractivity contribution in [3.05, 3.63) is 84.4 Å². The Bertz CT molecular complexity index is 1110. The number of hydrogen-bond donors (Lipinski definition) is 2. The number of H-pyrrole nitrogens is 1. The molecule has 0 spiro atoms. The number of nitrogens with zero attached hydrogens (tertiary/aromatic N) is 4. The highest BCUT2D eigenvalue weighted by Crippen LogP contribution is 2.19. The van der Waals surface area contributed by atoms with Gasteiger partial charge in [0, 0.05) is 24.7 Å². The van der Waals surface area contributed by atoms with Crippen molar-refractivity contribution in [2.24, 2.45) is 0 Å². The van der Waals surface area contributed by atoms with Gasteiger partial charge in [0.25, 0.3) is 0 Å². The predicted molar refractivity (Wildman–Crippen MR) is 113 cm³/mol. The number of aromatic amines is 1. The lowest BCUT2D eigenvalue weighted by atomic mass is 10.1. The first-order valence-electron chi connectivity index (χ1n) is 9.48. The Morgan fingerprint density at radius 2 is 1.76 bits per heavy atom. The molecule has 142 valence electrons. The highest BCUT2D eigenvalue weighted by Gasteiger charge is 2.05. The number of rotatable bonds is 7. The molecule has 2 aromatic heterocycles. The maximum atomic E-state index is 8.91. The Hall–Kier alpha value is -3.98. The zero-order valence-electron chi connectivity index (χ0n) is 15.8. The number of imidazole rings is 1. The standard InChI is InChI=1S/C23H20N6/c24-15-17-8-10-19(11-9-17)20-12-14-26-23(29-20)25-13-4-7-22-27-16-21(28-22)18-5-2-1-3-6-18/h1-3,5-6,8-12,14,16H,4,7,13H2,(H,27,28)(H,25,26,29). The van der Waals surface area contributed by atoms with Crippen molar-refractivity contribution >= 4 is 5.95 Å². The van der Waals surface area contributed by atoms with Gasteiger partial charge in [0.15, 0.2) is 0 Å². The van der Waals surface area contributed by atoms with Gasteiger partial charge in [-0.15, -0.1) is 0 Å². The van der Waals surface area contributed by atoms with Gasteiger partial charge in [0.05, 0.1) is 29.2 Å². The third kappa shape index (κ3) is 4.66. The van der Waals surface area contributed by atoms with Gasteiger partial charge in [-0.1, -0.05) is 42.5 Å². The van der Waals surface area contributed by atoms with Gasteiger partial charge < -0.3 is 10.3 Å². The summed E-state index contributed by atoms with van der Waals surface area (Å²) in [5.41, 5.74) is 4.59. The van der Waals surface area contributed by atoms with Crippen molar-refractivity contribution in [2.75, 3.05) is 11.9 Å². The summed E-state index contributed by atoms with van der Waals surface area (Å²) in [6.45, 7) is 0.748. The van der Waals surface area contributed by atoms with E-state index >= 15 is 0 Å². The van der Waals surface area contributed by atoms with Gasteiger partial charge in [-0.2, -0.15) is 5.26 Å². The second kappa shape index (κ2) is 8.81. The zero-order chi connectivity index (χ0) is 19.9. The summed E-state index contributed by atoms with van der Waals surface area (Å²) in [5.74, 6) is 1.56. The minimum atomic E-state index is 0.594. The summed E-state index contributed by atoms with van der Waals surface area (Å²) in [7, 11) is 0. The van der Waals surface area contributed by atoms with Crippen LogP contribution in [0.25, 0.3) is 22.5 Å². The minimum Gasteiger partial charge on any atom is -0.354 e. The van der Waals surface area contributed by atoms with Gasteiger partial charge in [0.1, 0.15) is 5.82 Å². The molecular weight excluding hydrogens is 360 g/mol. The second-order valence-electron chi connectivity index (χ2n) is 6.59. The average Bonchev–Trinajstić information content (AvgIpc) is 3.27. The first-order chi connectivity index (χ1) is 14.3. The van der Waals surface area contributed by atoms with Crippen LogP contribution in [-0.4, -0.2) is 26.5 Å². The molecular formula is C23H20N6. The Labute approximate surface area is 169 Å². The number of aromatic nitrogens is 4. The zero-order valence-corrected chi connectivity index (χ0v) is 15.8. The van der Waals surface area contributed by atoms with E-state index in [0.29, 0.717) is 11.5 Å². The number of benzene rings is 2. The fourth-order valence-electron chi connectivity index (χ4n) is 3.03. The van der Waals surface area contributed by atoms with Crippen LogP contribution in [0.3, 0.4) is 0 Å². The normalized spacial score (nSPS) is 10.4. The lowest BCUT2D eigenvalue weighted by molar-refractivity contribution is 0.811. The molecule has 0 atom stereocenters. The van der Waals surface area contributed by atoms with Crippen LogP contribution in [-0.2, 0) is 6.42 Å². The van der Waals surface area contributed by atoms with Crippen molar-refractivity contribution in [1.82, 2.24) is 19.9 Å². The van der Waals surface area contributed by atoms with E-state index in [-0.39, 0.29) is 0 Å². The van der Waals surface area contributed by atoms with Crippen LogP contribution in [0.1, 0.15) is 17.8 Å². The molecule has 0 amide bonds. The Kier molecular flexibility index (Phi) is 5.58. The van der Waals surface area contributed by atoms with E-state index in [1.807, 2.05) is 42.6 Å². The first kappa shape index (κ1) is 18.4. The smallest absolute Gasteiger partial charge is 0.223 e. The second-order valence-corrected chi connectivity index (χ2v) is 6.59. The van der Waals surface area contributed by atoms with E-state index in [4.69, 9.17) is 5.26 Å². The molecule has 2 heterocycles. The van der Waals surface area contributed by atoms with Gasteiger partial charge in [-0.3, -0.25) is 0 Å². The monoisotopic (exact) mass is 380 g/mol. The van der Waals surface area contributed by atoms with Crippen molar-refractivity contribution < 1.29 is 0 Å². The van der Waals surface area contributed by atoms with E-state index in [1.165, 1.54) is 0 Å². The topological polar surface area (TPSA) is 90.3 Å². The minimum absolute atomic E-state index is 0.594. The summed E-state index contributed by atoms with van der Waals surface area (Å²) in [6, 6.07) is 21.5. The highest BCUT2D eigenvalue weighted by atomic mass is 15.1. The summed E-state index contributed by atoms with van der Waals surface area (Å²) in [4.78, 5) is 16.7. The molecule has 6 nitrogen and oxygen atoms in total. The van der Waals surface area contributed by atoms with Gasteiger partial charge in [-0.05, 0) is 30.2 Å². The highest BCUT2D eigenvalue weighted by molar-refractivity contribution is 5.61. The van der Waals surface area contributed by atoms with Gasteiger partial charge >= 0.3 is 0 Å². The molecule has 0 saturated heterocycles. The van der Waals surface area contributed by atoms with E-state index in [9.17, 15) is 0 Å². The molecule has 6 heteroatoms. The van der Waals surface area contributed by atoms with E-state index in [0.717, 1.165) is 47.7 Å². The van der Waals surface area contributed by atoms with Crippen LogP contribution in [0, 0.1) is 11.3 Å². The quantitative estimate of drug-likeness (QED) is 0.462. The molecule has 0 aliphatic rings. The largest absolute Gasteiger partial charge is 0.354 e. The summed E-state index contributed by atoms with van der Waals surface area (Å²) in [5, 5.41) is 12.2. The van der Waals surface area contributed by atoms with Crippen LogP contribution in [0.15, 0.2) is 73.1 Å². The molecule has 0 saturated carbocycles. The maximum absolute atomic E-state index is 8.91. The lowest BCUT2D eigenvalue weighted by Crippen LogP contribution is -2.07. The number of anilines is 1. The average molecular weight is 380 g/mol. The molecule has 2 aromatic carbocycles. The Balaban J connectivity index is 1.31. The van der Waals surface area contributed by atoms with Gasteiger partial charge in [-0.25, -0.2) is 15.0 Å². The lowest BCUT2D eigenvalue weighted by Gasteiger charge is -2.06. The maximum Gasteiger partial charge on any atom is 0.223 e. The summed E-state index contributed by atoms with van der Waals surface area (Å²) in [6.07, 6.45) is 5.37. The molecule has 0 unspecified atom stereocenters. The third-order valence-electron chi connectivity index (χ3n) is 4.55. The first-order valence-corrected chi connectivity index (χ1v) is 9.48. The van der Waals surface area contributed by atoms with Crippen molar-refractivity contribution in [3.8, 4) is 28.6 Å². The van der Waals surface area contributed by atoms with Crippen LogP contribution in [0.5, 0.6) is 0 Å². The molecule has 4 rings (SSSR count). The molecule has 2 N–H and O–H groups in total. The predicted octanol–water partition coefficient (Wildman–Crippen LogP) is 4.45. The molecule has 0 aliphatic heterocycles. The summed E-state index contributed by atoms with van der Waals surface area (Å²) < 4.78 is 0. The van der Waals surface area contributed by atoms with Crippen molar-refractivity contribution in [2.45, 2.75) is 12.8 Å². The van der Waals surface area contributed by atoms with Crippen LogP contribution < -0.4 is 5.32 Å². The van der Waals surface area contributed by atoms with E-state index in [1.54, 1.807) is 18.3 Å². The van der Waals surface area contributed by atoms with E-state index in [2.05, 4.69) is 43.5 Å². The third-order valence-corrected chi connectivity index (χ3v) is 4.55. The SMILES string of the molecule is N#Cc1ccc(-c2ccnc(NCCCc3ncc(-c4ccccc4)[nH]3)n2)cc1. The Morgan fingerprint density at radius 1 is 0.931 bits per heavy atom. The number of nitriles is 1. The van der Waals surface area contributed by atoms with E-state index < -0.39 is 0 Å². The summed E-state index contributed by atoms with van der Waals surface area (Å²) >= 11 is 0. The van der Waals surface area contributed by atoms with Gasteiger partial charge in [0.2, 0.25) is 5.95 Å². The number of aryl methyl sites for hydroxylation is 1. The molecule has 29 heavy (non-hydrogen) atoms. The number of nitrogens with one attached hydrogen (secondary N) is 2. The van der Waals surface area contributed by atoms with Crippen LogP contribution in [0.4, 0.5) is 5.95 Å². The van der Waals surface area contributed by atoms with Crippen molar-refractivity contribution in [1.29, 1.82) is 5.26 Å². The Morgan fingerprint density at radius 3 is 2.55 bits per heavy atom. The fourth-order valence-corrected chi connectivity index (χ4v) is 3.03. The molecule has 0 aliphatic carbocycles. The molecule has 0 bridgehead atoms. The molecule has 0 fully saturated rings.